The van der Waals surface area contributed by atoms with Gasteiger partial charge in [0.25, 0.3) is 0 Å². The van der Waals surface area contributed by atoms with E-state index in [1.807, 2.05) is 73.7 Å². The number of hydrogen-bond acceptors (Lipinski definition) is 8. The second kappa shape index (κ2) is 17.8. The highest BCUT2D eigenvalue weighted by molar-refractivity contribution is 8.13. The van der Waals surface area contributed by atoms with Crippen LogP contribution in [0.25, 0.3) is 0 Å². The number of amides is 1. The van der Waals surface area contributed by atoms with Crippen LogP contribution in [0.4, 0.5) is 0 Å². The van der Waals surface area contributed by atoms with Gasteiger partial charge in [0.2, 0.25) is 22.7 Å². The number of nitrogens with one attached hydrogen (secondary N) is 1. The second-order valence-corrected chi connectivity index (χ2v) is 17.6. The molecule has 12 heteroatoms. The number of rotatable bonds is 16. The van der Waals surface area contributed by atoms with Crippen LogP contribution >= 0.6 is 10.7 Å². The van der Waals surface area contributed by atoms with E-state index >= 15 is 0 Å². The first kappa shape index (κ1) is 38.0. The molecule has 0 aliphatic carbocycles. The second-order valence-electron chi connectivity index (χ2n) is 13.5. The fourth-order valence-electron chi connectivity index (χ4n) is 6.40. The minimum Gasteiger partial charge on any atom is -0.454 e. The molecule has 1 fully saturated rings. The van der Waals surface area contributed by atoms with Gasteiger partial charge >= 0.3 is 0 Å². The molecular weight excluding hydrogens is 673 g/mol. The normalized spacial score (nSPS) is 17.9. The summed E-state index contributed by atoms with van der Waals surface area (Å²) in [5.74, 6) is 0.271. The molecule has 0 bridgehead atoms. The number of fused-ring (bicyclic) bond motifs is 1. The zero-order valence-electron chi connectivity index (χ0n) is 29.6. The minimum atomic E-state index is -3.67. The molecule has 50 heavy (non-hydrogen) atoms. The number of piperazine rings is 1. The number of hydrogen-bond donors (Lipinski definition) is 2. The van der Waals surface area contributed by atoms with E-state index in [9.17, 15) is 18.3 Å². The molecule has 1 saturated heterocycles. The van der Waals surface area contributed by atoms with Crippen LogP contribution in [0.15, 0.2) is 83.8 Å². The van der Waals surface area contributed by atoms with Crippen molar-refractivity contribution in [3.05, 3.63) is 90.0 Å². The van der Waals surface area contributed by atoms with E-state index in [0.717, 1.165) is 29.3 Å². The van der Waals surface area contributed by atoms with Crippen molar-refractivity contribution in [3.63, 3.8) is 0 Å². The Bertz CT molecular complexity index is 1680. The number of ether oxygens (including phenoxy) is 2. The van der Waals surface area contributed by atoms with Crippen LogP contribution in [0.3, 0.4) is 0 Å². The first-order valence-electron chi connectivity index (χ1n) is 17.5. The van der Waals surface area contributed by atoms with Crippen LogP contribution < -0.4 is 14.8 Å². The first-order valence-corrected chi connectivity index (χ1v) is 20.3. The molecule has 2 aliphatic rings. The van der Waals surface area contributed by atoms with E-state index in [4.69, 9.17) is 9.47 Å². The molecule has 0 radical (unpaired) electrons. The van der Waals surface area contributed by atoms with Gasteiger partial charge in [0.15, 0.2) is 11.5 Å². The van der Waals surface area contributed by atoms with E-state index in [0.29, 0.717) is 50.8 Å². The van der Waals surface area contributed by atoms with E-state index in [-0.39, 0.29) is 18.5 Å². The molecule has 0 aromatic heterocycles. The van der Waals surface area contributed by atoms with Crippen molar-refractivity contribution < 1.29 is 27.8 Å². The number of nitrogens with zero attached hydrogens (tertiary/aromatic N) is 3. The monoisotopic (exact) mass is 724 g/mol. The average molecular weight is 725 g/mol. The van der Waals surface area contributed by atoms with E-state index in [2.05, 4.69) is 45.9 Å². The quantitative estimate of drug-likeness (QED) is 0.206. The molecule has 0 saturated carbocycles. The van der Waals surface area contributed by atoms with Crippen LogP contribution in [0.1, 0.15) is 38.8 Å². The van der Waals surface area contributed by atoms with Gasteiger partial charge in [0, 0.05) is 50.7 Å². The van der Waals surface area contributed by atoms with Gasteiger partial charge in [-0.3, -0.25) is 9.69 Å². The molecule has 0 spiro atoms. The van der Waals surface area contributed by atoms with Gasteiger partial charge in [-0.25, -0.2) is 12.7 Å². The number of aliphatic hydroxyl groups is 1. The van der Waals surface area contributed by atoms with Crippen molar-refractivity contribution in [2.75, 3.05) is 51.8 Å². The maximum atomic E-state index is 13.7. The van der Waals surface area contributed by atoms with Crippen molar-refractivity contribution in [2.24, 2.45) is 11.8 Å². The van der Waals surface area contributed by atoms with E-state index in [1.165, 1.54) is 9.87 Å². The van der Waals surface area contributed by atoms with Crippen molar-refractivity contribution in [2.45, 2.75) is 57.7 Å². The lowest BCUT2D eigenvalue weighted by Gasteiger charge is -2.35. The molecule has 2 aliphatic heterocycles. The number of sulfonamides is 1. The summed E-state index contributed by atoms with van der Waals surface area (Å²) in [7, 11) is -4.14. The van der Waals surface area contributed by atoms with Gasteiger partial charge in [0.05, 0.1) is 23.8 Å². The highest BCUT2D eigenvalue weighted by atomic mass is 32.2. The molecule has 3 aromatic rings. The Morgan fingerprint density at radius 1 is 0.920 bits per heavy atom. The maximum Gasteiger partial charge on any atom is 0.231 e. The van der Waals surface area contributed by atoms with Crippen LogP contribution in [-0.2, 0) is 27.8 Å². The zero-order chi connectivity index (χ0) is 35.7. The Balaban J connectivity index is 1.25. The molecule has 4 atom stereocenters. The van der Waals surface area contributed by atoms with Gasteiger partial charge in [-0.15, -0.1) is 0 Å². The van der Waals surface area contributed by atoms with Crippen LogP contribution in [0.2, 0.25) is 0 Å². The van der Waals surface area contributed by atoms with Gasteiger partial charge < -0.3 is 19.9 Å². The fourth-order valence-corrected chi connectivity index (χ4v) is 10.2. The molecule has 5 rings (SSSR count). The summed E-state index contributed by atoms with van der Waals surface area (Å²) in [6.45, 7) is 12.0. The lowest BCUT2D eigenvalue weighted by Crippen LogP contribution is -2.52. The highest BCUT2D eigenvalue weighted by Gasteiger charge is 2.33. The Labute approximate surface area is 300 Å². The Morgan fingerprint density at radius 2 is 1.56 bits per heavy atom. The Hall–Kier alpha value is -3.26. The predicted octanol–water partition coefficient (Wildman–Crippen LogP) is 4.61. The molecule has 3 aromatic carbocycles. The van der Waals surface area contributed by atoms with Gasteiger partial charge in [-0.1, -0.05) is 92.1 Å². The maximum absolute atomic E-state index is 13.7. The molecule has 272 valence electrons. The van der Waals surface area contributed by atoms with Crippen molar-refractivity contribution in [3.8, 4) is 11.5 Å². The highest BCUT2D eigenvalue weighted by Crippen LogP contribution is 2.40. The predicted molar refractivity (Wildman–Crippen MR) is 201 cm³/mol. The zero-order valence-corrected chi connectivity index (χ0v) is 31.2. The van der Waals surface area contributed by atoms with Gasteiger partial charge in [-0.05, 0) is 54.0 Å². The SMILES string of the molecule is C/C=S(\c1ccc2c(c1)OCO2)N(CC(C)C)C[C@@H](O)[C@H](Cc1ccccc1)NC(=O)[C@H](C)CS(=O)(=O)N1CCN(Cc2ccccc2)CC1. The van der Waals surface area contributed by atoms with Crippen LogP contribution in [-0.4, -0.2) is 102 Å². The van der Waals surface area contributed by atoms with Crippen molar-refractivity contribution in [1.82, 2.24) is 18.8 Å². The van der Waals surface area contributed by atoms with Crippen LogP contribution in [0, 0.1) is 11.8 Å². The van der Waals surface area contributed by atoms with Gasteiger partial charge in [-0.2, -0.15) is 4.31 Å². The molecule has 10 nitrogen and oxygen atoms in total. The Kier molecular flexibility index (Phi) is 13.5. The number of benzene rings is 3. The third-order valence-electron chi connectivity index (χ3n) is 9.02. The standard InChI is InChI=1S/C38H52N4O6S2/c1-5-49(33-16-17-36-37(23-33)48-28-47-36)41(24-29(2)3)26-35(43)34(22-31-12-8-6-9-13-31)39-38(44)30(4)27-50(45,46)42-20-18-40(19-21-42)25-32-14-10-7-11-15-32/h5-17,23,29-30,34-35,43H,18-22,24-28H2,1-4H3,(H,39,44)/t30-,34+,35-,49?/m1/s1. The topological polar surface area (TPSA) is 112 Å². The third kappa shape index (κ3) is 10.4. The van der Waals surface area contributed by atoms with Crippen LogP contribution in [0.5, 0.6) is 11.5 Å². The summed E-state index contributed by atoms with van der Waals surface area (Å²) < 4.78 is 41.9. The Morgan fingerprint density at radius 3 is 2.20 bits per heavy atom. The molecule has 2 N–H and O–H groups in total. The molecule has 2 heterocycles. The third-order valence-corrected chi connectivity index (χ3v) is 13.1. The summed E-state index contributed by atoms with van der Waals surface area (Å²) in [6.07, 6.45) is -0.525. The minimum absolute atomic E-state index is 0.197. The average Bonchev–Trinajstić information content (AvgIpc) is 3.57. The van der Waals surface area contributed by atoms with Crippen molar-refractivity contribution >= 4 is 32.0 Å². The van der Waals surface area contributed by atoms with Gasteiger partial charge in [0.1, 0.15) is 0 Å². The largest absolute Gasteiger partial charge is 0.454 e. The number of aliphatic hydroxyl groups excluding tert-OH is 1. The van der Waals surface area contributed by atoms with E-state index in [1.54, 1.807) is 6.92 Å². The first-order chi connectivity index (χ1) is 24.0. The molecule has 1 unspecified atom stereocenters. The summed E-state index contributed by atoms with van der Waals surface area (Å²) in [4.78, 5) is 17.0. The lowest BCUT2D eigenvalue weighted by molar-refractivity contribution is -0.125. The van der Waals surface area contributed by atoms with Crippen molar-refractivity contribution in [1.29, 1.82) is 0 Å². The number of carbonyl (C=O) groups excluding carboxylic acids is 1. The fraction of sp³-hybridized carbons (Fsp3) is 0.474. The summed E-state index contributed by atoms with van der Waals surface area (Å²) >= 11 is 0. The summed E-state index contributed by atoms with van der Waals surface area (Å²) in [5.41, 5.74) is 2.17. The number of carbonyl (C=O) groups is 1. The summed E-state index contributed by atoms with van der Waals surface area (Å²) in [6, 6.07) is 25.2. The summed E-state index contributed by atoms with van der Waals surface area (Å²) in [5, 5.41) is 17.1. The lowest BCUT2D eigenvalue weighted by atomic mass is 10.00. The molecule has 1 amide bonds. The molecular formula is C38H52N4O6S2. The smallest absolute Gasteiger partial charge is 0.231 e. The van der Waals surface area contributed by atoms with E-state index < -0.39 is 38.8 Å².